The maximum absolute atomic E-state index is 12.9. The molecule has 0 N–H and O–H groups in total. The molecule has 28 heavy (non-hydrogen) atoms. The number of hydrogen-bond donors (Lipinski definition) is 0. The third kappa shape index (κ3) is 4.25. The lowest BCUT2D eigenvalue weighted by Crippen LogP contribution is -2.46. The number of benzene rings is 1. The van der Waals surface area contributed by atoms with Gasteiger partial charge in [-0.1, -0.05) is 18.2 Å². The highest BCUT2D eigenvalue weighted by molar-refractivity contribution is 5.95. The molecule has 0 saturated carbocycles. The van der Waals surface area contributed by atoms with Gasteiger partial charge < -0.3 is 14.4 Å². The van der Waals surface area contributed by atoms with Crippen molar-refractivity contribution in [2.45, 2.75) is 31.8 Å². The first kappa shape index (κ1) is 18.7. The number of aryl methyl sites for hydroxylation is 1. The molecular formula is C21H26N4O3. The van der Waals surface area contributed by atoms with Crippen LogP contribution in [0.1, 0.15) is 24.8 Å². The Bertz CT molecular complexity index is 804. The number of likely N-dealkylation sites (tertiary alicyclic amines) is 1. The van der Waals surface area contributed by atoms with E-state index in [0.717, 1.165) is 51.0 Å². The molecule has 0 aliphatic carbocycles. The average Bonchev–Trinajstić information content (AvgIpc) is 2.75. The zero-order valence-corrected chi connectivity index (χ0v) is 16.2. The molecule has 0 spiro atoms. The number of aromatic nitrogens is 2. The number of nitrogens with zero attached hydrogens (tertiary/aromatic N) is 4. The Hall–Kier alpha value is -2.67. The minimum atomic E-state index is 0.0791. The van der Waals surface area contributed by atoms with Gasteiger partial charge >= 0.3 is 6.01 Å². The molecule has 1 fully saturated rings. The molecule has 2 aromatic rings. The largest absolute Gasteiger partial charge is 0.494 e. The van der Waals surface area contributed by atoms with E-state index in [1.807, 2.05) is 17.0 Å². The first-order valence-electron chi connectivity index (χ1n) is 9.86. The normalized spacial score (nSPS) is 17.8. The molecule has 2 aliphatic heterocycles. The van der Waals surface area contributed by atoms with Gasteiger partial charge in [-0.2, -0.15) is 9.97 Å². The van der Waals surface area contributed by atoms with Crippen molar-refractivity contribution in [1.29, 1.82) is 0 Å². The third-order valence-corrected chi connectivity index (χ3v) is 5.42. The van der Waals surface area contributed by atoms with Crippen LogP contribution in [0, 0.1) is 0 Å². The van der Waals surface area contributed by atoms with Gasteiger partial charge in [-0.05, 0) is 37.3 Å². The summed E-state index contributed by atoms with van der Waals surface area (Å²) in [6.07, 6.45) is 7.09. The zero-order chi connectivity index (χ0) is 19.3. The van der Waals surface area contributed by atoms with Crippen molar-refractivity contribution >= 4 is 11.6 Å². The summed E-state index contributed by atoms with van der Waals surface area (Å²) in [7, 11) is 1.58. The smallest absolute Gasteiger partial charge is 0.316 e. The molecular weight excluding hydrogens is 356 g/mol. The number of fused-ring (bicyclic) bond motifs is 1. The van der Waals surface area contributed by atoms with Crippen molar-refractivity contribution in [2.75, 3.05) is 38.2 Å². The number of carbonyl (C=O) groups excluding carboxylic acids is 1. The Morgan fingerprint density at radius 2 is 1.89 bits per heavy atom. The van der Waals surface area contributed by atoms with Crippen LogP contribution in [0.25, 0.3) is 0 Å². The van der Waals surface area contributed by atoms with Crippen LogP contribution in [0.3, 0.4) is 0 Å². The summed E-state index contributed by atoms with van der Waals surface area (Å²) in [5, 5.41) is 0. The number of ether oxygens (including phenoxy) is 2. The molecule has 7 heteroatoms. The summed E-state index contributed by atoms with van der Waals surface area (Å²) in [6.45, 7) is 2.94. The summed E-state index contributed by atoms with van der Waals surface area (Å²) in [5.41, 5.74) is 2.35. The standard InChI is InChI=1S/C21H26N4O3/c1-27-18-13-22-21(23-14-18)28-17-8-11-24(12-9-17)15-20(26)25-10-4-6-16-5-2-3-7-19(16)25/h2-3,5,7,13-14,17H,4,6,8-12,15H2,1H3. The highest BCUT2D eigenvalue weighted by Gasteiger charge is 2.27. The highest BCUT2D eigenvalue weighted by Crippen LogP contribution is 2.27. The first-order chi connectivity index (χ1) is 13.7. The van der Waals surface area contributed by atoms with Gasteiger partial charge in [0, 0.05) is 25.3 Å². The molecule has 1 aromatic carbocycles. The molecule has 7 nitrogen and oxygen atoms in total. The number of methoxy groups -OCH3 is 1. The predicted octanol–water partition coefficient (Wildman–Crippen LogP) is 2.31. The Balaban J connectivity index is 1.28. The van der Waals surface area contributed by atoms with Crippen molar-refractivity contribution in [1.82, 2.24) is 14.9 Å². The van der Waals surface area contributed by atoms with E-state index in [1.165, 1.54) is 5.56 Å². The van der Waals surface area contributed by atoms with Gasteiger partial charge in [0.25, 0.3) is 0 Å². The molecule has 0 bridgehead atoms. The van der Waals surface area contributed by atoms with Crippen LogP contribution in [-0.2, 0) is 11.2 Å². The molecule has 1 amide bonds. The first-order valence-corrected chi connectivity index (χ1v) is 9.86. The zero-order valence-electron chi connectivity index (χ0n) is 16.2. The van der Waals surface area contributed by atoms with Crippen LogP contribution in [0.4, 0.5) is 5.69 Å². The van der Waals surface area contributed by atoms with E-state index < -0.39 is 0 Å². The van der Waals surface area contributed by atoms with E-state index in [2.05, 4.69) is 27.0 Å². The average molecular weight is 382 g/mol. The number of anilines is 1. The summed E-state index contributed by atoms with van der Waals surface area (Å²) in [6, 6.07) is 8.61. The molecule has 0 unspecified atom stereocenters. The molecule has 0 radical (unpaired) electrons. The third-order valence-electron chi connectivity index (χ3n) is 5.42. The topological polar surface area (TPSA) is 67.8 Å². The van der Waals surface area contributed by atoms with Gasteiger partial charge in [0.15, 0.2) is 5.75 Å². The van der Waals surface area contributed by atoms with Gasteiger partial charge in [0.1, 0.15) is 6.10 Å². The Morgan fingerprint density at radius 3 is 2.64 bits per heavy atom. The van der Waals surface area contributed by atoms with Crippen molar-refractivity contribution in [3.8, 4) is 11.8 Å². The second-order valence-electron chi connectivity index (χ2n) is 7.28. The fourth-order valence-electron chi connectivity index (χ4n) is 3.87. The maximum atomic E-state index is 12.9. The number of hydrogen-bond acceptors (Lipinski definition) is 6. The number of carbonyl (C=O) groups is 1. The molecule has 4 rings (SSSR count). The fourth-order valence-corrected chi connectivity index (χ4v) is 3.87. The number of para-hydroxylation sites is 1. The van der Waals surface area contributed by atoms with Crippen molar-refractivity contribution in [2.24, 2.45) is 0 Å². The van der Waals surface area contributed by atoms with Crippen LogP contribution >= 0.6 is 0 Å². The van der Waals surface area contributed by atoms with E-state index in [9.17, 15) is 4.79 Å². The second kappa shape index (κ2) is 8.56. The van der Waals surface area contributed by atoms with Gasteiger partial charge in [0.05, 0.1) is 26.0 Å². The Morgan fingerprint density at radius 1 is 1.14 bits per heavy atom. The van der Waals surface area contributed by atoms with Gasteiger partial charge in [-0.15, -0.1) is 0 Å². The summed E-state index contributed by atoms with van der Waals surface area (Å²) in [5.74, 6) is 0.796. The molecule has 0 atom stereocenters. The van der Waals surface area contributed by atoms with Crippen LogP contribution in [0.5, 0.6) is 11.8 Å². The molecule has 1 saturated heterocycles. The Labute approximate surface area is 165 Å². The van der Waals surface area contributed by atoms with Crippen molar-refractivity contribution in [3.63, 3.8) is 0 Å². The van der Waals surface area contributed by atoms with Crippen molar-refractivity contribution in [3.05, 3.63) is 42.2 Å². The lowest BCUT2D eigenvalue weighted by Gasteiger charge is -2.34. The Kier molecular flexibility index (Phi) is 5.71. The molecule has 148 valence electrons. The van der Waals surface area contributed by atoms with E-state index >= 15 is 0 Å². The monoisotopic (exact) mass is 382 g/mol. The SMILES string of the molecule is COc1cnc(OC2CCN(CC(=O)N3CCCc4ccccc43)CC2)nc1. The molecule has 3 heterocycles. The number of amides is 1. The lowest BCUT2D eigenvalue weighted by atomic mass is 10.0. The number of rotatable bonds is 5. The predicted molar refractivity (Wildman–Crippen MR) is 106 cm³/mol. The van der Waals surface area contributed by atoms with Gasteiger partial charge in [-0.25, -0.2) is 0 Å². The number of piperidine rings is 1. The summed E-state index contributed by atoms with van der Waals surface area (Å²) < 4.78 is 10.9. The quantitative estimate of drug-likeness (QED) is 0.791. The van der Waals surface area contributed by atoms with Crippen LogP contribution in [0.15, 0.2) is 36.7 Å². The minimum Gasteiger partial charge on any atom is -0.494 e. The summed E-state index contributed by atoms with van der Waals surface area (Å²) in [4.78, 5) is 25.4. The van der Waals surface area contributed by atoms with Crippen LogP contribution in [0.2, 0.25) is 0 Å². The fraction of sp³-hybridized carbons (Fsp3) is 0.476. The lowest BCUT2D eigenvalue weighted by molar-refractivity contribution is -0.120. The van der Waals surface area contributed by atoms with E-state index in [4.69, 9.17) is 9.47 Å². The van der Waals surface area contributed by atoms with E-state index in [0.29, 0.717) is 18.3 Å². The second-order valence-corrected chi connectivity index (χ2v) is 7.28. The summed E-state index contributed by atoms with van der Waals surface area (Å²) >= 11 is 0. The van der Waals surface area contributed by atoms with E-state index in [-0.39, 0.29) is 12.0 Å². The van der Waals surface area contributed by atoms with E-state index in [1.54, 1.807) is 19.5 Å². The van der Waals surface area contributed by atoms with Gasteiger partial charge in [0.2, 0.25) is 5.91 Å². The van der Waals surface area contributed by atoms with Crippen LogP contribution in [-0.4, -0.2) is 60.2 Å². The van der Waals surface area contributed by atoms with Gasteiger partial charge in [-0.3, -0.25) is 9.69 Å². The molecule has 1 aromatic heterocycles. The van der Waals surface area contributed by atoms with Crippen molar-refractivity contribution < 1.29 is 14.3 Å². The molecule has 2 aliphatic rings. The van der Waals surface area contributed by atoms with Crippen LogP contribution < -0.4 is 14.4 Å². The highest BCUT2D eigenvalue weighted by atomic mass is 16.5. The minimum absolute atomic E-state index is 0.0791. The maximum Gasteiger partial charge on any atom is 0.316 e.